The first-order valence-corrected chi connectivity index (χ1v) is 6.65. The van der Waals surface area contributed by atoms with Crippen LogP contribution >= 0.6 is 11.6 Å². The summed E-state index contributed by atoms with van der Waals surface area (Å²) in [5, 5.41) is 3.37. The van der Waals surface area contributed by atoms with Crippen LogP contribution in [0.3, 0.4) is 0 Å². The van der Waals surface area contributed by atoms with Gasteiger partial charge in [0.2, 0.25) is 5.78 Å². The van der Waals surface area contributed by atoms with Gasteiger partial charge >= 0.3 is 0 Å². The Balaban J connectivity index is 1.95. The predicted octanol–water partition coefficient (Wildman–Crippen LogP) is 2.97. The monoisotopic (exact) mass is 265 g/mol. The fraction of sp³-hybridized carbons (Fsp3) is 0.429. The lowest BCUT2D eigenvalue weighted by Crippen LogP contribution is -2.40. The second-order valence-electron chi connectivity index (χ2n) is 4.64. The molecular weight excluding hydrogens is 250 g/mol. The van der Waals surface area contributed by atoms with E-state index in [0.29, 0.717) is 10.6 Å². The number of carbonyl (C=O) groups is 2. The molecule has 2 rings (SSSR count). The highest BCUT2D eigenvalue weighted by Gasteiger charge is 2.21. The highest BCUT2D eigenvalue weighted by atomic mass is 35.5. The van der Waals surface area contributed by atoms with Crippen molar-refractivity contribution in [1.29, 1.82) is 0 Å². The first kappa shape index (κ1) is 13.1. The average Bonchev–Trinajstić information content (AvgIpc) is 2.40. The van der Waals surface area contributed by atoms with Crippen molar-refractivity contribution in [3.05, 3.63) is 34.9 Å². The smallest absolute Gasteiger partial charge is 0.292 e. The number of amides is 1. The lowest BCUT2D eigenvalue weighted by molar-refractivity contribution is -0.117. The Hall–Kier alpha value is -1.35. The molecule has 1 fully saturated rings. The number of benzene rings is 1. The van der Waals surface area contributed by atoms with Gasteiger partial charge in [-0.1, -0.05) is 30.9 Å². The fourth-order valence-corrected chi connectivity index (χ4v) is 2.36. The summed E-state index contributed by atoms with van der Waals surface area (Å²) in [6.07, 6.45) is 5.41. The molecule has 1 aromatic rings. The predicted molar refractivity (Wildman–Crippen MR) is 70.8 cm³/mol. The van der Waals surface area contributed by atoms with Crippen molar-refractivity contribution in [3.8, 4) is 0 Å². The van der Waals surface area contributed by atoms with Gasteiger partial charge in [0.1, 0.15) is 0 Å². The first-order valence-electron chi connectivity index (χ1n) is 6.27. The third-order valence-electron chi connectivity index (χ3n) is 3.25. The van der Waals surface area contributed by atoms with E-state index >= 15 is 0 Å². The minimum atomic E-state index is -0.510. The van der Waals surface area contributed by atoms with E-state index in [4.69, 9.17) is 11.6 Å². The summed E-state index contributed by atoms with van der Waals surface area (Å²) in [5.41, 5.74) is 0.382. The van der Waals surface area contributed by atoms with Gasteiger partial charge in [0, 0.05) is 16.6 Å². The minimum absolute atomic E-state index is 0.155. The Morgan fingerprint density at radius 3 is 2.28 bits per heavy atom. The fourth-order valence-electron chi connectivity index (χ4n) is 2.23. The molecule has 4 heteroatoms. The van der Waals surface area contributed by atoms with Crippen LogP contribution in [-0.4, -0.2) is 17.7 Å². The molecule has 0 atom stereocenters. The van der Waals surface area contributed by atoms with Crippen molar-refractivity contribution in [2.45, 2.75) is 38.1 Å². The maximum atomic E-state index is 11.9. The van der Waals surface area contributed by atoms with E-state index < -0.39 is 11.7 Å². The molecule has 0 spiro atoms. The number of Topliss-reactive ketones (excluding diaryl/α,β-unsaturated/α-hetero) is 1. The van der Waals surface area contributed by atoms with E-state index in [1.54, 1.807) is 24.3 Å². The molecule has 0 bridgehead atoms. The van der Waals surface area contributed by atoms with Gasteiger partial charge in [0.15, 0.2) is 0 Å². The minimum Gasteiger partial charge on any atom is -0.346 e. The Labute approximate surface area is 112 Å². The van der Waals surface area contributed by atoms with Crippen molar-refractivity contribution >= 4 is 23.3 Å². The maximum absolute atomic E-state index is 11.9. The largest absolute Gasteiger partial charge is 0.346 e. The van der Waals surface area contributed by atoms with Crippen LogP contribution in [0.15, 0.2) is 24.3 Å². The molecule has 1 N–H and O–H groups in total. The SMILES string of the molecule is O=C(NC1CCCCC1)C(=O)c1ccc(Cl)cc1. The molecular formula is C14H16ClNO2. The number of ketones is 1. The van der Waals surface area contributed by atoms with Crippen LogP contribution in [-0.2, 0) is 4.79 Å². The highest BCUT2D eigenvalue weighted by Crippen LogP contribution is 2.17. The van der Waals surface area contributed by atoms with Crippen LogP contribution in [0.1, 0.15) is 42.5 Å². The number of hydrogen-bond donors (Lipinski definition) is 1. The van der Waals surface area contributed by atoms with Gasteiger partial charge in [-0.2, -0.15) is 0 Å². The molecule has 1 saturated carbocycles. The van der Waals surface area contributed by atoms with Crippen molar-refractivity contribution in [3.63, 3.8) is 0 Å². The van der Waals surface area contributed by atoms with Gasteiger partial charge in [0.25, 0.3) is 5.91 Å². The van der Waals surface area contributed by atoms with Crippen LogP contribution in [0, 0.1) is 0 Å². The van der Waals surface area contributed by atoms with Crippen LogP contribution in [0.25, 0.3) is 0 Å². The number of nitrogens with one attached hydrogen (secondary N) is 1. The van der Waals surface area contributed by atoms with E-state index in [2.05, 4.69) is 5.32 Å². The summed E-state index contributed by atoms with van der Waals surface area (Å²) < 4.78 is 0. The third kappa shape index (κ3) is 3.33. The van der Waals surface area contributed by atoms with Crippen molar-refractivity contribution in [2.24, 2.45) is 0 Å². The molecule has 1 aliphatic rings. The quantitative estimate of drug-likeness (QED) is 0.675. The molecule has 96 valence electrons. The van der Waals surface area contributed by atoms with E-state index in [1.165, 1.54) is 6.42 Å². The molecule has 0 unspecified atom stereocenters. The Morgan fingerprint density at radius 2 is 1.67 bits per heavy atom. The second-order valence-corrected chi connectivity index (χ2v) is 5.08. The molecule has 1 aliphatic carbocycles. The Bertz CT molecular complexity index is 436. The molecule has 1 amide bonds. The maximum Gasteiger partial charge on any atom is 0.292 e. The van der Waals surface area contributed by atoms with Crippen LogP contribution < -0.4 is 5.32 Å². The lowest BCUT2D eigenvalue weighted by Gasteiger charge is -2.22. The topological polar surface area (TPSA) is 46.2 Å². The van der Waals surface area contributed by atoms with E-state index in [-0.39, 0.29) is 6.04 Å². The first-order chi connectivity index (χ1) is 8.66. The van der Waals surface area contributed by atoms with Gasteiger partial charge in [0.05, 0.1) is 0 Å². The zero-order chi connectivity index (χ0) is 13.0. The molecule has 3 nitrogen and oxygen atoms in total. The average molecular weight is 266 g/mol. The molecule has 1 aromatic carbocycles. The number of hydrogen-bond acceptors (Lipinski definition) is 2. The molecule has 0 aromatic heterocycles. The summed E-state index contributed by atoms with van der Waals surface area (Å²) in [7, 11) is 0. The summed E-state index contributed by atoms with van der Waals surface area (Å²) in [4.78, 5) is 23.7. The van der Waals surface area contributed by atoms with Crippen LogP contribution in [0.2, 0.25) is 5.02 Å². The zero-order valence-electron chi connectivity index (χ0n) is 10.1. The van der Waals surface area contributed by atoms with Crippen molar-refractivity contribution in [2.75, 3.05) is 0 Å². The van der Waals surface area contributed by atoms with E-state index in [1.807, 2.05) is 0 Å². The standard InChI is InChI=1S/C14H16ClNO2/c15-11-8-6-10(7-9-11)13(17)14(18)16-12-4-2-1-3-5-12/h6-9,12H,1-5H2,(H,16,18). The highest BCUT2D eigenvalue weighted by molar-refractivity contribution is 6.43. The van der Waals surface area contributed by atoms with Crippen molar-refractivity contribution in [1.82, 2.24) is 5.32 Å². The molecule has 0 heterocycles. The Morgan fingerprint density at radius 1 is 1.06 bits per heavy atom. The molecule has 0 radical (unpaired) electrons. The molecule has 18 heavy (non-hydrogen) atoms. The van der Waals surface area contributed by atoms with Gasteiger partial charge in [-0.25, -0.2) is 0 Å². The van der Waals surface area contributed by atoms with Crippen molar-refractivity contribution < 1.29 is 9.59 Å². The van der Waals surface area contributed by atoms with Gasteiger partial charge in [-0.15, -0.1) is 0 Å². The van der Waals surface area contributed by atoms with E-state index in [9.17, 15) is 9.59 Å². The van der Waals surface area contributed by atoms with Gasteiger partial charge < -0.3 is 5.32 Å². The molecule has 0 saturated heterocycles. The van der Waals surface area contributed by atoms with Gasteiger partial charge in [-0.3, -0.25) is 9.59 Å². The number of carbonyl (C=O) groups excluding carboxylic acids is 2. The van der Waals surface area contributed by atoms with Gasteiger partial charge in [-0.05, 0) is 37.1 Å². The Kier molecular flexibility index (Phi) is 4.37. The zero-order valence-corrected chi connectivity index (χ0v) is 10.9. The lowest BCUT2D eigenvalue weighted by atomic mass is 9.95. The molecule has 0 aliphatic heterocycles. The number of rotatable bonds is 3. The summed E-state index contributed by atoms with van der Waals surface area (Å²) in [6, 6.07) is 6.53. The number of halogens is 1. The summed E-state index contributed by atoms with van der Waals surface area (Å²) >= 11 is 5.74. The third-order valence-corrected chi connectivity index (χ3v) is 3.51. The van der Waals surface area contributed by atoms with E-state index in [0.717, 1.165) is 25.7 Å². The van der Waals surface area contributed by atoms with Crippen LogP contribution in [0.5, 0.6) is 0 Å². The second kappa shape index (κ2) is 6.01. The summed E-state index contributed by atoms with van der Waals surface area (Å²) in [6.45, 7) is 0. The normalized spacial score (nSPS) is 16.3. The summed E-state index contributed by atoms with van der Waals surface area (Å²) in [5.74, 6) is -0.999. The van der Waals surface area contributed by atoms with Crippen LogP contribution in [0.4, 0.5) is 0 Å².